The average molecular weight is 274 g/mol. The lowest BCUT2D eigenvalue weighted by Crippen LogP contribution is -2.01. The highest BCUT2D eigenvalue weighted by atomic mass is 35.5. The van der Waals surface area contributed by atoms with E-state index in [0.29, 0.717) is 11.1 Å². The molecule has 0 atom stereocenters. The van der Waals surface area contributed by atoms with E-state index in [-0.39, 0.29) is 23.0 Å². The molecule has 2 aromatic rings. The average Bonchev–Trinajstić information content (AvgIpc) is 2.39. The van der Waals surface area contributed by atoms with E-state index in [4.69, 9.17) is 16.9 Å². The number of hydrogen-bond donors (Lipinski definition) is 0. The molecule has 2 rings (SSSR count). The summed E-state index contributed by atoms with van der Waals surface area (Å²) in [5, 5.41) is 20.1. The Labute approximate surface area is 114 Å². The molecule has 0 fully saturated rings. The van der Waals surface area contributed by atoms with Crippen LogP contribution in [0.1, 0.15) is 16.8 Å². The zero-order chi connectivity index (χ0) is 13.8. The third-order valence-corrected chi connectivity index (χ3v) is 2.82. The predicted molar refractivity (Wildman–Crippen MR) is 69.9 cm³/mol. The molecule has 6 heteroatoms. The monoisotopic (exact) mass is 273 g/mol. The highest BCUT2D eigenvalue weighted by Gasteiger charge is 2.17. The second-order valence-electron chi connectivity index (χ2n) is 3.80. The molecule has 0 N–H and O–H groups in total. The lowest BCUT2D eigenvalue weighted by molar-refractivity contribution is -0.385. The van der Waals surface area contributed by atoms with Gasteiger partial charge in [0.15, 0.2) is 0 Å². The van der Waals surface area contributed by atoms with Gasteiger partial charge in [0, 0.05) is 12.5 Å². The highest BCUT2D eigenvalue weighted by Crippen LogP contribution is 2.23. The minimum absolute atomic E-state index is 0.0999. The number of halogens is 1. The summed E-state index contributed by atoms with van der Waals surface area (Å²) in [4.78, 5) is 14.4. The van der Waals surface area contributed by atoms with E-state index < -0.39 is 4.92 Å². The van der Waals surface area contributed by atoms with E-state index in [1.165, 1.54) is 12.1 Å². The van der Waals surface area contributed by atoms with Gasteiger partial charge in [0.05, 0.1) is 16.6 Å². The summed E-state index contributed by atoms with van der Waals surface area (Å²) in [7, 11) is 0. The Kier molecular flexibility index (Phi) is 3.74. The van der Waals surface area contributed by atoms with Crippen LogP contribution < -0.4 is 0 Å². The van der Waals surface area contributed by atoms with Gasteiger partial charge in [0.2, 0.25) is 0 Å². The summed E-state index contributed by atoms with van der Waals surface area (Å²) < 4.78 is 0. The lowest BCUT2D eigenvalue weighted by atomic mass is 10.0. The molecule has 19 heavy (non-hydrogen) atoms. The second kappa shape index (κ2) is 5.46. The van der Waals surface area contributed by atoms with Crippen molar-refractivity contribution in [3.05, 3.63) is 68.5 Å². The topological polar surface area (TPSA) is 79.8 Å². The van der Waals surface area contributed by atoms with Gasteiger partial charge >= 0.3 is 0 Å². The molecule has 0 aliphatic heterocycles. The fraction of sp³-hybridized carbons (Fsp3) is 0.0769. The first kappa shape index (κ1) is 13.0. The fourth-order valence-electron chi connectivity index (χ4n) is 1.73. The summed E-state index contributed by atoms with van der Waals surface area (Å²) in [6, 6.07) is 11.6. The Balaban J connectivity index is 2.46. The van der Waals surface area contributed by atoms with Gasteiger partial charge in [0.1, 0.15) is 10.8 Å². The maximum atomic E-state index is 10.9. The van der Waals surface area contributed by atoms with Gasteiger partial charge in [-0.15, -0.1) is 0 Å². The van der Waals surface area contributed by atoms with E-state index in [1.807, 2.05) is 6.07 Å². The Morgan fingerprint density at radius 2 is 2.05 bits per heavy atom. The van der Waals surface area contributed by atoms with Gasteiger partial charge in [-0.1, -0.05) is 29.8 Å². The molecule has 1 heterocycles. The predicted octanol–water partition coefficient (Wildman–Crippen LogP) is 3.11. The molecule has 94 valence electrons. The summed E-state index contributed by atoms with van der Waals surface area (Å²) >= 11 is 5.76. The fourth-order valence-corrected chi connectivity index (χ4v) is 1.89. The van der Waals surface area contributed by atoms with E-state index >= 15 is 0 Å². The van der Waals surface area contributed by atoms with E-state index in [1.54, 1.807) is 24.3 Å². The quantitative estimate of drug-likeness (QED) is 0.489. The van der Waals surface area contributed by atoms with Crippen molar-refractivity contribution in [3.8, 4) is 6.07 Å². The van der Waals surface area contributed by atoms with Gasteiger partial charge in [-0.05, 0) is 17.7 Å². The second-order valence-corrected chi connectivity index (χ2v) is 4.19. The third kappa shape index (κ3) is 2.87. The first-order chi connectivity index (χ1) is 9.11. The zero-order valence-electron chi connectivity index (χ0n) is 9.71. The summed E-state index contributed by atoms with van der Waals surface area (Å²) in [5.74, 6) is 0. The highest BCUT2D eigenvalue weighted by molar-refractivity contribution is 6.29. The number of nitro groups is 1. The van der Waals surface area contributed by atoms with Crippen molar-refractivity contribution in [3.63, 3.8) is 0 Å². The number of hydrogen-bond acceptors (Lipinski definition) is 4. The zero-order valence-corrected chi connectivity index (χ0v) is 10.5. The Bertz CT molecular complexity index is 680. The van der Waals surface area contributed by atoms with Crippen molar-refractivity contribution in [2.24, 2.45) is 0 Å². The van der Waals surface area contributed by atoms with Crippen LogP contribution in [0.2, 0.25) is 5.15 Å². The molecule has 0 spiro atoms. The minimum Gasteiger partial charge on any atom is -0.258 e. The van der Waals surface area contributed by atoms with Gasteiger partial charge in [-0.25, -0.2) is 4.98 Å². The molecule has 1 aromatic carbocycles. The maximum Gasteiger partial charge on any atom is 0.291 e. The van der Waals surface area contributed by atoms with Gasteiger partial charge in [0.25, 0.3) is 5.69 Å². The largest absolute Gasteiger partial charge is 0.291 e. The van der Waals surface area contributed by atoms with E-state index in [9.17, 15) is 10.1 Å². The number of aromatic nitrogens is 1. The number of benzene rings is 1. The van der Waals surface area contributed by atoms with Crippen LogP contribution in [-0.4, -0.2) is 9.91 Å². The molecule has 0 saturated carbocycles. The van der Waals surface area contributed by atoms with Crippen molar-refractivity contribution in [1.82, 2.24) is 4.98 Å². The summed E-state index contributed by atoms with van der Waals surface area (Å²) in [6.07, 6.45) is 0.195. The van der Waals surface area contributed by atoms with Crippen molar-refractivity contribution in [2.45, 2.75) is 6.42 Å². The molecular formula is C13H8ClN3O2. The molecule has 5 nitrogen and oxygen atoms in total. The third-order valence-electron chi connectivity index (χ3n) is 2.61. The molecular weight excluding hydrogens is 266 g/mol. The SMILES string of the molecule is N#Cc1ccccc1Cc1nc(Cl)ccc1[N+](=O)[O-]. The standard InChI is InChI=1S/C13H8ClN3O2/c14-13-6-5-12(17(18)19)11(16-13)7-9-3-1-2-4-10(9)8-15/h1-6H,7H2. The first-order valence-corrected chi connectivity index (χ1v) is 5.77. The number of rotatable bonds is 3. The van der Waals surface area contributed by atoms with Crippen LogP contribution >= 0.6 is 11.6 Å². The smallest absolute Gasteiger partial charge is 0.258 e. The van der Waals surface area contributed by atoms with Crippen molar-refractivity contribution in [2.75, 3.05) is 0 Å². The molecule has 1 aromatic heterocycles. The summed E-state index contributed by atoms with van der Waals surface area (Å²) in [5.41, 5.74) is 1.30. The van der Waals surface area contributed by atoms with Crippen LogP contribution in [0.5, 0.6) is 0 Å². The van der Waals surface area contributed by atoms with E-state index in [0.717, 1.165) is 0 Å². The molecule has 0 unspecified atom stereocenters. The van der Waals surface area contributed by atoms with Crippen LogP contribution in [0.15, 0.2) is 36.4 Å². The maximum absolute atomic E-state index is 10.9. The first-order valence-electron chi connectivity index (χ1n) is 5.39. The normalized spacial score (nSPS) is 9.89. The number of nitrogens with zero attached hydrogens (tertiary/aromatic N) is 3. The molecule has 0 aliphatic rings. The van der Waals surface area contributed by atoms with Crippen LogP contribution in [0, 0.1) is 21.4 Å². The van der Waals surface area contributed by atoms with Crippen LogP contribution in [0.25, 0.3) is 0 Å². The van der Waals surface area contributed by atoms with Crippen molar-refractivity contribution >= 4 is 17.3 Å². The summed E-state index contributed by atoms with van der Waals surface area (Å²) in [6.45, 7) is 0. The van der Waals surface area contributed by atoms with E-state index in [2.05, 4.69) is 4.98 Å². The van der Waals surface area contributed by atoms with Gasteiger partial charge in [-0.3, -0.25) is 10.1 Å². The van der Waals surface area contributed by atoms with Crippen molar-refractivity contribution < 1.29 is 4.92 Å². The molecule has 0 bridgehead atoms. The van der Waals surface area contributed by atoms with Crippen LogP contribution in [0.3, 0.4) is 0 Å². The number of pyridine rings is 1. The Morgan fingerprint density at radius 1 is 1.32 bits per heavy atom. The van der Waals surface area contributed by atoms with Gasteiger partial charge in [-0.2, -0.15) is 5.26 Å². The van der Waals surface area contributed by atoms with Crippen molar-refractivity contribution in [1.29, 1.82) is 5.26 Å². The Hall–Kier alpha value is -2.45. The molecule has 0 aliphatic carbocycles. The minimum atomic E-state index is -0.506. The number of nitriles is 1. The van der Waals surface area contributed by atoms with Crippen LogP contribution in [0.4, 0.5) is 5.69 Å². The lowest BCUT2D eigenvalue weighted by Gasteiger charge is -2.04. The molecule has 0 amide bonds. The molecule has 0 radical (unpaired) electrons. The Morgan fingerprint density at radius 3 is 2.74 bits per heavy atom. The molecule has 0 saturated heterocycles. The van der Waals surface area contributed by atoms with Crippen LogP contribution in [-0.2, 0) is 6.42 Å². The van der Waals surface area contributed by atoms with Gasteiger partial charge < -0.3 is 0 Å².